The van der Waals surface area contributed by atoms with Crippen molar-refractivity contribution >= 4 is 136 Å². The van der Waals surface area contributed by atoms with E-state index in [1.165, 1.54) is 0 Å². The Bertz CT molecular complexity index is 279. The van der Waals surface area contributed by atoms with Crippen LogP contribution in [0, 0.1) is 121 Å². The third-order valence-electron chi connectivity index (χ3n) is 0. The molecule has 41 heavy (non-hydrogen) atoms. The van der Waals surface area contributed by atoms with E-state index < -0.39 is 0 Å². The van der Waals surface area contributed by atoms with Gasteiger partial charge in [0.05, 0.1) is 0 Å². The SMILES string of the molecule is O=N[O-].O=N[O-].O=N[O-].O=N[O-].O=N[O-].O=N[O-].O=N[O-].O=N[O-].O=N[O-].O=N[O-].O=N[O-].O=N[O-].[Co].[Co].[Sr+2].[Sr+2].[Sr+2]. The average molecular weight is 933 g/mol. The molecule has 234 valence electrons. The van der Waals surface area contributed by atoms with Crippen molar-refractivity contribution < 1.29 is 33.6 Å². The summed E-state index contributed by atoms with van der Waals surface area (Å²) in [7, 11) is 0. The van der Waals surface area contributed by atoms with Gasteiger partial charge in [-0.1, -0.05) is 0 Å². The molecule has 2 radical (unpaired) electrons. The van der Waals surface area contributed by atoms with Crippen LogP contribution in [0.2, 0.25) is 0 Å². The number of hydrogen-bond donors (Lipinski definition) is 0. The minimum absolute atomic E-state index is 0. The Morgan fingerprint density at radius 2 is 0.195 bits per heavy atom. The zero-order valence-electron chi connectivity index (χ0n) is 18.0. The fraction of sp³-hybridized carbons (Fsp3) is 0. The third kappa shape index (κ3) is 16500. The summed E-state index contributed by atoms with van der Waals surface area (Å²) in [6, 6.07) is 0. The monoisotopic (exact) mass is 934 g/mol. The predicted octanol–water partition coefficient (Wildman–Crippen LogP) is 1.86. The summed E-state index contributed by atoms with van der Waals surface area (Å²) in [4.78, 5) is 96.0. The fourth-order valence-electron chi connectivity index (χ4n) is 0. The van der Waals surface area contributed by atoms with Gasteiger partial charge in [0.25, 0.3) is 0 Å². The molecule has 0 unspecified atom stereocenters. The van der Waals surface area contributed by atoms with E-state index >= 15 is 0 Å². The molecule has 0 aromatic rings. The van der Waals surface area contributed by atoms with Gasteiger partial charge in [-0.05, 0) is 0 Å². The summed E-state index contributed by atoms with van der Waals surface area (Å²) in [5.74, 6) is 0. The molecule has 0 amide bonds. The molecule has 0 saturated heterocycles. The molecule has 0 N–H and O–H groups in total. The van der Waals surface area contributed by atoms with E-state index in [1.54, 1.807) is 0 Å². The standard InChI is InChI=1S/2Co.12HNO2.3Sr/c;;12*2-1-3;;;/h;;12*(H,2,3);;;/q;;;;;;;;;;;;;;3*+2/p-12. The molecule has 36 nitrogen and oxygen atoms in total. The second-order valence-corrected chi connectivity index (χ2v) is 0.894. The van der Waals surface area contributed by atoms with Gasteiger partial charge in [-0.2, -0.15) is 0 Å². The molecule has 0 spiro atoms. The summed E-state index contributed by atoms with van der Waals surface area (Å²) in [5, 5.41) is 108. The van der Waals surface area contributed by atoms with Crippen molar-refractivity contribution in [2.75, 3.05) is 0 Å². The van der Waals surface area contributed by atoms with E-state index in [0.29, 0.717) is 0 Å². The molecule has 0 rings (SSSR count). The molecule has 0 aliphatic rings. The Kier molecular flexibility index (Phi) is 1430. The van der Waals surface area contributed by atoms with Gasteiger partial charge in [-0.15, -0.1) is 64.1 Å². The van der Waals surface area contributed by atoms with Gasteiger partial charge < -0.3 is 121 Å². The Balaban J connectivity index is -0.0000000101. The first-order chi connectivity index (χ1) is 17.0. The van der Waals surface area contributed by atoms with Crippen LogP contribution in [0.25, 0.3) is 0 Å². The van der Waals surface area contributed by atoms with Crippen LogP contribution in [-0.2, 0) is 33.6 Å². The number of rotatable bonds is 0. The Hall–Kier alpha value is -1.75. The molecule has 0 heterocycles. The Morgan fingerprint density at radius 1 is 0.195 bits per heavy atom. The largest absolute Gasteiger partial charge is 2.00 e. The van der Waals surface area contributed by atoms with Crippen molar-refractivity contribution in [3.63, 3.8) is 0 Å². The van der Waals surface area contributed by atoms with Gasteiger partial charge in [-0.3, -0.25) is 0 Å². The van der Waals surface area contributed by atoms with Crippen LogP contribution in [0.5, 0.6) is 0 Å². The first kappa shape index (κ1) is 116. The molecular formula is Co2N12O24Sr3-6. The summed E-state index contributed by atoms with van der Waals surface area (Å²) < 4.78 is 0. The van der Waals surface area contributed by atoms with Crippen molar-refractivity contribution in [1.29, 1.82) is 0 Å². The number of nitrogens with zero attached hydrogens (tertiary/aromatic N) is 12. The first-order valence-corrected chi connectivity index (χ1v) is 4.38. The smallest absolute Gasteiger partial charge is 0.444 e. The van der Waals surface area contributed by atoms with E-state index in [4.69, 9.17) is 121 Å². The second-order valence-electron chi connectivity index (χ2n) is 0.894. The normalized spacial score (nSPS) is 3.51. The van der Waals surface area contributed by atoms with Crippen molar-refractivity contribution in [2.24, 2.45) is 64.1 Å². The third-order valence-corrected chi connectivity index (χ3v) is 0. The van der Waals surface area contributed by atoms with Crippen LogP contribution in [-0.4, -0.2) is 136 Å². The molecule has 0 aromatic heterocycles. The van der Waals surface area contributed by atoms with E-state index in [0.717, 1.165) is 64.1 Å². The molecule has 0 saturated carbocycles. The van der Waals surface area contributed by atoms with E-state index in [1.807, 2.05) is 0 Å². The maximum atomic E-state index is 8.00. The minimum Gasteiger partial charge on any atom is -0.444 e. The molecule has 0 bridgehead atoms. The summed E-state index contributed by atoms with van der Waals surface area (Å²) in [5.41, 5.74) is 0. The Labute approximate surface area is 350 Å². The second kappa shape index (κ2) is 505. The maximum absolute atomic E-state index is 8.00. The molecule has 0 fully saturated rings. The Morgan fingerprint density at radius 3 is 0.195 bits per heavy atom. The average Bonchev–Trinajstić information content (AvgIpc) is 2.75. The fourth-order valence-corrected chi connectivity index (χ4v) is 0. The first-order valence-electron chi connectivity index (χ1n) is 4.38. The van der Waals surface area contributed by atoms with Crippen LogP contribution in [0.15, 0.2) is 64.1 Å². The van der Waals surface area contributed by atoms with Gasteiger partial charge in [0.1, 0.15) is 0 Å². The molecular weight excluding hydrogens is 933 g/mol. The maximum Gasteiger partial charge on any atom is 2.00 e. The zero-order chi connectivity index (χ0) is 32.5. The zero-order valence-corrected chi connectivity index (χ0v) is 30.5. The van der Waals surface area contributed by atoms with Crippen molar-refractivity contribution in [3.8, 4) is 0 Å². The topological polar surface area (TPSA) is 630 Å². The van der Waals surface area contributed by atoms with Crippen LogP contribution >= 0.6 is 0 Å². The molecule has 0 aliphatic heterocycles. The van der Waals surface area contributed by atoms with Crippen molar-refractivity contribution in [1.82, 2.24) is 0 Å². The van der Waals surface area contributed by atoms with Gasteiger partial charge in [0, 0.05) is 33.6 Å². The quantitative estimate of drug-likeness (QED) is 0.190. The van der Waals surface area contributed by atoms with Crippen molar-refractivity contribution in [3.05, 3.63) is 121 Å². The minimum atomic E-state index is 0. The van der Waals surface area contributed by atoms with Gasteiger partial charge in [0.15, 0.2) is 0 Å². The van der Waals surface area contributed by atoms with Gasteiger partial charge in [0.2, 0.25) is 0 Å². The predicted molar refractivity (Wildman–Crippen MR) is 127 cm³/mol. The van der Waals surface area contributed by atoms with E-state index in [9.17, 15) is 0 Å². The van der Waals surface area contributed by atoms with Crippen LogP contribution in [0.3, 0.4) is 0 Å². The summed E-state index contributed by atoms with van der Waals surface area (Å²) in [6.45, 7) is 0. The van der Waals surface area contributed by atoms with Crippen LogP contribution in [0.1, 0.15) is 0 Å². The molecule has 0 atom stereocenters. The molecule has 0 aromatic carbocycles. The van der Waals surface area contributed by atoms with Crippen LogP contribution in [0.4, 0.5) is 0 Å². The molecule has 41 heteroatoms. The van der Waals surface area contributed by atoms with Crippen molar-refractivity contribution in [2.45, 2.75) is 0 Å². The van der Waals surface area contributed by atoms with Gasteiger partial charge in [-0.25, -0.2) is 0 Å². The number of hydrogen-bond acceptors (Lipinski definition) is 36. The van der Waals surface area contributed by atoms with E-state index in [2.05, 4.69) is 0 Å². The summed E-state index contributed by atoms with van der Waals surface area (Å²) in [6.07, 6.45) is 0. The van der Waals surface area contributed by atoms with Crippen LogP contribution < -0.4 is 0 Å². The summed E-state index contributed by atoms with van der Waals surface area (Å²) >= 11 is 0. The van der Waals surface area contributed by atoms with E-state index in [-0.39, 0.29) is 170 Å². The van der Waals surface area contributed by atoms with Gasteiger partial charge >= 0.3 is 136 Å². The molecule has 0 aliphatic carbocycles.